The number of nitrogens with zero attached hydrogens (tertiary/aromatic N) is 1. The highest BCUT2D eigenvalue weighted by molar-refractivity contribution is 9.10. The number of halogens is 2. The topological polar surface area (TPSA) is 86.7 Å². The number of carbonyl (C=O) groups is 1. The first-order valence-corrected chi connectivity index (χ1v) is 13.2. The van der Waals surface area contributed by atoms with Crippen molar-refractivity contribution >= 4 is 49.1 Å². The summed E-state index contributed by atoms with van der Waals surface area (Å²) in [6.45, 7) is 5.50. The highest BCUT2D eigenvalue weighted by Crippen LogP contribution is 2.46. The van der Waals surface area contributed by atoms with Gasteiger partial charge in [-0.3, -0.25) is 4.79 Å². The Morgan fingerprint density at radius 1 is 1.03 bits per heavy atom. The summed E-state index contributed by atoms with van der Waals surface area (Å²) in [7, 11) is -3.77. The molecule has 3 aromatic rings. The zero-order chi connectivity index (χ0) is 24.9. The number of carbonyl (C=O) groups excluding carboxylic acids is 1. The van der Waals surface area contributed by atoms with Gasteiger partial charge < -0.3 is 10.0 Å². The molecule has 4 rings (SSSR count). The molecule has 0 radical (unpaired) electrons. The van der Waals surface area contributed by atoms with Crippen LogP contribution in [-0.2, 0) is 27.0 Å². The van der Waals surface area contributed by atoms with Crippen molar-refractivity contribution < 1.29 is 18.3 Å². The van der Waals surface area contributed by atoms with Crippen LogP contribution in [0.4, 0.5) is 5.69 Å². The maximum absolute atomic E-state index is 13.6. The first-order chi connectivity index (χ1) is 15.8. The van der Waals surface area contributed by atoms with Crippen molar-refractivity contribution in [3.05, 3.63) is 92.9 Å². The minimum absolute atomic E-state index is 0.0401. The Kier molecular flexibility index (Phi) is 6.42. The Labute approximate surface area is 212 Å². The largest absolute Gasteiger partial charge is 0.372 e. The van der Waals surface area contributed by atoms with Crippen molar-refractivity contribution in [2.75, 3.05) is 4.90 Å². The number of anilines is 1. The van der Waals surface area contributed by atoms with Crippen molar-refractivity contribution in [1.29, 1.82) is 0 Å². The smallest absolute Gasteiger partial charge is 0.268 e. The predicted molar refractivity (Wildman–Crippen MR) is 136 cm³/mol. The van der Waals surface area contributed by atoms with Crippen LogP contribution in [0.25, 0.3) is 0 Å². The van der Waals surface area contributed by atoms with Gasteiger partial charge in [-0.05, 0) is 74.4 Å². The number of fused-ring (bicyclic) bond motifs is 1. The molecule has 3 aromatic carbocycles. The second kappa shape index (κ2) is 8.77. The highest BCUT2D eigenvalue weighted by atomic mass is 79.9. The van der Waals surface area contributed by atoms with Gasteiger partial charge in [0.15, 0.2) is 5.60 Å². The van der Waals surface area contributed by atoms with Crippen molar-refractivity contribution in [3.63, 3.8) is 0 Å². The number of amides is 1. The zero-order valence-electron chi connectivity index (χ0n) is 18.8. The normalized spacial score (nSPS) is 18.3. The van der Waals surface area contributed by atoms with Gasteiger partial charge in [0.25, 0.3) is 5.91 Å². The molecule has 2 N–H and O–H groups in total. The average molecular weight is 564 g/mol. The molecule has 1 unspecified atom stereocenters. The van der Waals surface area contributed by atoms with E-state index in [1.807, 2.05) is 24.3 Å². The van der Waals surface area contributed by atoms with Crippen LogP contribution < -0.4 is 9.62 Å². The lowest BCUT2D eigenvalue weighted by Gasteiger charge is -2.24. The zero-order valence-corrected chi connectivity index (χ0v) is 22.0. The molecule has 0 aromatic heterocycles. The van der Waals surface area contributed by atoms with E-state index in [2.05, 4.69) is 20.7 Å². The lowest BCUT2D eigenvalue weighted by atomic mass is 9.87. The Morgan fingerprint density at radius 2 is 1.65 bits per heavy atom. The van der Waals surface area contributed by atoms with Gasteiger partial charge in [-0.15, -0.1) is 0 Å². The standard InChI is InChI=1S/C25H24BrClN2O4S/c1-24(2,3)28-34(32,33)20-11-6-17(7-12-20)25(31)21-14-19(27)10-13-22(21)29(23(25)30)15-16-4-8-18(26)9-5-16/h4-14,28,31H,15H2,1-3H3. The third-order valence-electron chi connectivity index (χ3n) is 5.47. The van der Waals surface area contributed by atoms with E-state index in [4.69, 9.17) is 11.6 Å². The van der Waals surface area contributed by atoms with E-state index in [-0.39, 0.29) is 17.0 Å². The number of benzene rings is 3. The summed E-state index contributed by atoms with van der Waals surface area (Å²) in [6.07, 6.45) is 0. The van der Waals surface area contributed by atoms with Crippen molar-refractivity contribution in [2.24, 2.45) is 0 Å². The molecule has 34 heavy (non-hydrogen) atoms. The maximum atomic E-state index is 13.6. The maximum Gasteiger partial charge on any atom is 0.268 e. The summed E-state index contributed by atoms with van der Waals surface area (Å²) in [5.41, 5.74) is -0.614. The lowest BCUT2D eigenvalue weighted by molar-refractivity contribution is -0.132. The lowest BCUT2D eigenvalue weighted by Crippen LogP contribution is -2.41. The Hall–Kier alpha value is -2.23. The minimum Gasteiger partial charge on any atom is -0.372 e. The fraction of sp³-hybridized carbons (Fsp3) is 0.240. The van der Waals surface area contributed by atoms with Crippen molar-refractivity contribution in [2.45, 2.75) is 43.4 Å². The Balaban J connectivity index is 1.75. The Bertz CT molecular complexity index is 1350. The van der Waals surface area contributed by atoms with E-state index in [0.29, 0.717) is 16.3 Å². The van der Waals surface area contributed by atoms with Crippen LogP contribution in [0.1, 0.15) is 37.5 Å². The second-order valence-electron chi connectivity index (χ2n) is 9.27. The number of hydrogen-bond acceptors (Lipinski definition) is 4. The number of sulfonamides is 1. The molecule has 0 spiro atoms. The van der Waals surface area contributed by atoms with E-state index >= 15 is 0 Å². The number of aliphatic hydroxyl groups is 1. The molecule has 1 aliphatic rings. The number of nitrogens with one attached hydrogen (secondary N) is 1. The van der Waals surface area contributed by atoms with Crippen LogP contribution in [0, 0.1) is 0 Å². The molecule has 1 aliphatic heterocycles. The molecule has 0 saturated carbocycles. The van der Waals surface area contributed by atoms with Gasteiger partial charge in [0.1, 0.15) is 0 Å². The molecular formula is C25H24BrClN2O4S. The van der Waals surface area contributed by atoms with Gasteiger partial charge in [-0.1, -0.05) is 51.8 Å². The molecule has 0 saturated heterocycles. The van der Waals surface area contributed by atoms with Gasteiger partial charge in [0.05, 0.1) is 17.1 Å². The molecule has 178 valence electrons. The molecule has 6 nitrogen and oxygen atoms in total. The van der Waals surface area contributed by atoms with E-state index in [1.54, 1.807) is 39.0 Å². The molecule has 9 heteroatoms. The second-order valence-corrected chi connectivity index (χ2v) is 12.3. The first-order valence-electron chi connectivity index (χ1n) is 10.5. The van der Waals surface area contributed by atoms with Crippen LogP contribution in [-0.4, -0.2) is 25.0 Å². The summed E-state index contributed by atoms with van der Waals surface area (Å²) >= 11 is 9.63. The number of hydrogen-bond donors (Lipinski definition) is 2. The van der Waals surface area contributed by atoms with Crippen molar-refractivity contribution in [1.82, 2.24) is 4.72 Å². The molecule has 1 heterocycles. The predicted octanol–water partition coefficient (Wildman–Crippen LogP) is 4.96. The molecule has 1 atom stereocenters. The number of rotatable bonds is 5. The molecule has 1 amide bonds. The third-order valence-corrected chi connectivity index (χ3v) is 8.01. The average Bonchev–Trinajstić information content (AvgIpc) is 2.96. The fourth-order valence-corrected chi connectivity index (χ4v) is 5.85. The fourth-order valence-electron chi connectivity index (χ4n) is 4.00. The van der Waals surface area contributed by atoms with E-state index in [9.17, 15) is 18.3 Å². The summed E-state index contributed by atoms with van der Waals surface area (Å²) in [5.74, 6) is -0.531. The van der Waals surface area contributed by atoms with Crippen LogP contribution in [0.15, 0.2) is 76.1 Å². The van der Waals surface area contributed by atoms with E-state index < -0.39 is 27.1 Å². The van der Waals surface area contributed by atoms with Crippen LogP contribution in [0.3, 0.4) is 0 Å². The summed E-state index contributed by atoms with van der Waals surface area (Å²) in [4.78, 5) is 15.2. The van der Waals surface area contributed by atoms with Gasteiger partial charge in [-0.25, -0.2) is 13.1 Å². The molecule has 0 fully saturated rings. The molecular weight excluding hydrogens is 540 g/mol. The van der Waals surface area contributed by atoms with E-state index in [1.165, 1.54) is 29.2 Å². The van der Waals surface area contributed by atoms with Crippen LogP contribution in [0.5, 0.6) is 0 Å². The highest BCUT2D eigenvalue weighted by Gasteiger charge is 2.51. The monoisotopic (exact) mass is 562 g/mol. The first kappa shape index (κ1) is 24.9. The van der Waals surface area contributed by atoms with Gasteiger partial charge in [0, 0.05) is 20.6 Å². The third kappa shape index (κ3) is 4.65. The van der Waals surface area contributed by atoms with E-state index in [0.717, 1.165) is 10.0 Å². The summed E-state index contributed by atoms with van der Waals surface area (Å²) < 4.78 is 28.9. The minimum atomic E-state index is -3.77. The summed E-state index contributed by atoms with van der Waals surface area (Å²) in [6, 6.07) is 18.2. The van der Waals surface area contributed by atoms with Crippen LogP contribution in [0.2, 0.25) is 5.02 Å². The quantitative estimate of drug-likeness (QED) is 0.459. The van der Waals surface area contributed by atoms with Gasteiger partial charge in [-0.2, -0.15) is 0 Å². The molecule has 0 bridgehead atoms. The molecule has 0 aliphatic carbocycles. The van der Waals surface area contributed by atoms with Crippen molar-refractivity contribution in [3.8, 4) is 0 Å². The van der Waals surface area contributed by atoms with Gasteiger partial charge >= 0.3 is 0 Å². The summed E-state index contributed by atoms with van der Waals surface area (Å²) in [5, 5.41) is 12.1. The SMILES string of the molecule is CC(C)(C)NS(=O)(=O)c1ccc(C2(O)C(=O)N(Cc3ccc(Br)cc3)c3ccc(Cl)cc32)cc1. The Morgan fingerprint density at radius 3 is 2.24 bits per heavy atom. The van der Waals surface area contributed by atoms with Gasteiger partial charge in [0.2, 0.25) is 10.0 Å². The van der Waals surface area contributed by atoms with Crippen LogP contribution >= 0.6 is 27.5 Å².